The van der Waals surface area contributed by atoms with Gasteiger partial charge in [0, 0.05) is 29.2 Å². The fourth-order valence-corrected chi connectivity index (χ4v) is 2.28. The highest BCUT2D eigenvalue weighted by Crippen LogP contribution is 2.33. The molecule has 0 aliphatic carbocycles. The minimum atomic E-state index is -0.245. The molecule has 1 aromatic carbocycles. The third-order valence-electron chi connectivity index (χ3n) is 3.64. The fraction of sp³-hybridized carbons (Fsp3) is 0.263. The molecule has 0 saturated heterocycles. The summed E-state index contributed by atoms with van der Waals surface area (Å²) in [7, 11) is 1.93. The Bertz CT molecular complexity index is 734. The van der Waals surface area contributed by atoms with Crippen molar-refractivity contribution >= 4 is 0 Å². The van der Waals surface area contributed by atoms with Gasteiger partial charge in [0.1, 0.15) is 11.5 Å². The first-order valence-electron chi connectivity index (χ1n) is 8.09. The molecule has 3 rings (SSSR count). The van der Waals surface area contributed by atoms with Gasteiger partial charge in [-0.15, -0.1) is 0 Å². The summed E-state index contributed by atoms with van der Waals surface area (Å²) in [6, 6.07) is 10.3. The van der Waals surface area contributed by atoms with Crippen LogP contribution in [0.25, 0.3) is 22.4 Å². The van der Waals surface area contributed by atoms with Crippen LogP contribution in [0, 0.1) is 5.82 Å². The predicted molar refractivity (Wildman–Crippen MR) is 96.2 cm³/mol. The number of rotatable bonds is 4. The lowest BCUT2D eigenvalue weighted by Gasteiger charge is -2.05. The summed E-state index contributed by atoms with van der Waals surface area (Å²) in [6.45, 7) is 5.21. The third-order valence-corrected chi connectivity index (χ3v) is 3.64. The first-order chi connectivity index (χ1) is 11.7. The second kappa shape index (κ2) is 8.93. The fourth-order valence-electron chi connectivity index (χ4n) is 2.28. The van der Waals surface area contributed by atoms with E-state index in [9.17, 15) is 4.39 Å². The van der Waals surface area contributed by atoms with Crippen LogP contribution in [0.4, 0.5) is 4.39 Å². The average Bonchev–Trinajstić information content (AvgIpc) is 3.07. The Kier molecular flexibility index (Phi) is 6.63. The Morgan fingerprint density at radius 1 is 1.00 bits per heavy atom. The number of nitrogens with zero attached hydrogens (tertiary/aromatic N) is 2. The Hall–Kier alpha value is -2.53. The number of hydrogen-bond acceptors (Lipinski definition) is 3. The molecule has 2 N–H and O–H groups in total. The molecule has 0 radical (unpaired) electrons. The minimum absolute atomic E-state index is 0.245. The number of nitrogens with one attached hydrogen (secondary N) is 2. The van der Waals surface area contributed by atoms with Crippen LogP contribution in [-0.2, 0) is 6.42 Å². The molecule has 5 heteroatoms. The highest BCUT2D eigenvalue weighted by atomic mass is 19.1. The molecule has 3 aromatic rings. The van der Waals surface area contributed by atoms with Crippen LogP contribution in [0.2, 0.25) is 0 Å². The number of aryl methyl sites for hydroxylation is 1. The van der Waals surface area contributed by atoms with Gasteiger partial charge in [-0.25, -0.2) is 4.39 Å². The number of aromatic amines is 1. The van der Waals surface area contributed by atoms with E-state index >= 15 is 0 Å². The molecular formula is C19H23FN4. The zero-order chi connectivity index (χ0) is 17.4. The number of H-pyrrole nitrogens is 1. The predicted octanol–water partition coefficient (Wildman–Crippen LogP) is 4.07. The molecule has 0 aliphatic rings. The molecule has 0 aliphatic heterocycles. The van der Waals surface area contributed by atoms with E-state index in [0.29, 0.717) is 0 Å². The lowest BCUT2D eigenvalue weighted by molar-refractivity contribution is 0.628. The van der Waals surface area contributed by atoms with E-state index in [4.69, 9.17) is 0 Å². The molecule has 24 heavy (non-hydrogen) atoms. The number of hydrogen-bond donors (Lipinski definition) is 2. The third kappa shape index (κ3) is 4.26. The van der Waals surface area contributed by atoms with Crippen molar-refractivity contribution in [3.05, 3.63) is 60.3 Å². The summed E-state index contributed by atoms with van der Waals surface area (Å²) < 4.78 is 13.1. The van der Waals surface area contributed by atoms with Crippen LogP contribution in [0.1, 0.15) is 19.5 Å². The van der Waals surface area contributed by atoms with Crippen LogP contribution >= 0.6 is 0 Å². The molecular weight excluding hydrogens is 303 g/mol. The zero-order valence-corrected chi connectivity index (χ0v) is 14.3. The number of aromatic nitrogens is 3. The standard InChI is InChI=1S/C16H14FN3.C3H9N/c1-2-14-15(11-7-9-18-10-8-11)16(20-19-14)12-3-5-13(17)6-4-12;1-3-4-2/h3-10H,2H2,1H3,(H,19,20);4H,3H2,1-2H3. The summed E-state index contributed by atoms with van der Waals surface area (Å²) in [6.07, 6.45) is 4.37. The van der Waals surface area contributed by atoms with Gasteiger partial charge in [0.15, 0.2) is 0 Å². The molecule has 0 fully saturated rings. The van der Waals surface area contributed by atoms with Crippen molar-refractivity contribution in [3.63, 3.8) is 0 Å². The molecule has 126 valence electrons. The first kappa shape index (κ1) is 17.8. The van der Waals surface area contributed by atoms with Crippen LogP contribution < -0.4 is 5.32 Å². The maximum Gasteiger partial charge on any atom is 0.123 e. The van der Waals surface area contributed by atoms with Gasteiger partial charge in [-0.2, -0.15) is 5.10 Å². The van der Waals surface area contributed by atoms with Crippen molar-refractivity contribution in [2.75, 3.05) is 13.6 Å². The molecule has 0 bridgehead atoms. The van der Waals surface area contributed by atoms with E-state index in [1.165, 1.54) is 12.1 Å². The van der Waals surface area contributed by atoms with Gasteiger partial charge in [-0.1, -0.05) is 13.8 Å². The number of benzene rings is 1. The molecule has 0 unspecified atom stereocenters. The topological polar surface area (TPSA) is 53.6 Å². The quantitative estimate of drug-likeness (QED) is 0.760. The van der Waals surface area contributed by atoms with Gasteiger partial charge in [0.2, 0.25) is 0 Å². The van der Waals surface area contributed by atoms with Crippen molar-refractivity contribution in [2.24, 2.45) is 0 Å². The van der Waals surface area contributed by atoms with E-state index in [1.54, 1.807) is 24.5 Å². The number of halogens is 1. The Balaban J connectivity index is 0.000000471. The van der Waals surface area contributed by atoms with Crippen molar-refractivity contribution in [1.82, 2.24) is 20.5 Å². The second-order valence-corrected chi connectivity index (χ2v) is 5.23. The zero-order valence-electron chi connectivity index (χ0n) is 14.3. The van der Waals surface area contributed by atoms with Crippen LogP contribution in [-0.4, -0.2) is 28.8 Å². The summed E-state index contributed by atoms with van der Waals surface area (Å²) in [5.74, 6) is -0.245. The van der Waals surface area contributed by atoms with E-state index in [-0.39, 0.29) is 5.82 Å². The summed E-state index contributed by atoms with van der Waals surface area (Å²) in [5, 5.41) is 10.4. The average molecular weight is 326 g/mol. The van der Waals surface area contributed by atoms with Crippen LogP contribution in [0.15, 0.2) is 48.8 Å². The van der Waals surface area contributed by atoms with Crippen molar-refractivity contribution in [2.45, 2.75) is 20.3 Å². The van der Waals surface area contributed by atoms with Gasteiger partial charge in [0.05, 0.1) is 0 Å². The Labute approximate surface area is 142 Å². The monoisotopic (exact) mass is 326 g/mol. The maximum atomic E-state index is 13.1. The van der Waals surface area contributed by atoms with Crippen molar-refractivity contribution in [1.29, 1.82) is 0 Å². The van der Waals surface area contributed by atoms with Gasteiger partial charge in [0.25, 0.3) is 0 Å². The van der Waals surface area contributed by atoms with Crippen LogP contribution in [0.5, 0.6) is 0 Å². The van der Waals surface area contributed by atoms with E-state index in [2.05, 4.69) is 34.3 Å². The normalized spacial score (nSPS) is 10.2. The largest absolute Gasteiger partial charge is 0.320 e. The highest BCUT2D eigenvalue weighted by molar-refractivity contribution is 5.82. The first-order valence-corrected chi connectivity index (χ1v) is 8.09. The molecule has 0 atom stereocenters. The molecule has 0 saturated carbocycles. The van der Waals surface area contributed by atoms with Crippen molar-refractivity contribution < 1.29 is 4.39 Å². The summed E-state index contributed by atoms with van der Waals surface area (Å²) in [4.78, 5) is 4.04. The smallest absolute Gasteiger partial charge is 0.123 e. The second-order valence-electron chi connectivity index (χ2n) is 5.23. The minimum Gasteiger partial charge on any atom is -0.320 e. The Morgan fingerprint density at radius 2 is 1.62 bits per heavy atom. The van der Waals surface area contributed by atoms with E-state index in [1.807, 2.05) is 19.2 Å². The SMILES string of the molecule is CCNC.CCc1[nH]nc(-c2ccc(F)cc2)c1-c1ccncc1. The highest BCUT2D eigenvalue weighted by Gasteiger charge is 2.15. The molecule has 2 aromatic heterocycles. The number of pyridine rings is 1. The maximum absolute atomic E-state index is 13.1. The van der Waals surface area contributed by atoms with Gasteiger partial charge < -0.3 is 5.32 Å². The lowest BCUT2D eigenvalue weighted by Crippen LogP contribution is -2.01. The molecule has 4 nitrogen and oxygen atoms in total. The van der Waals surface area contributed by atoms with E-state index in [0.717, 1.165) is 41.0 Å². The molecule has 2 heterocycles. The lowest BCUT2D eigenvalue weighted by atomic mass is 9.99. The summed E-state index contributed by atoms with van der Waals surface area (Å²) in [5.41, 5.74) is 4.92. The van der Waals surface area contributed by atoms with Gasteiger partial charge in [-0.05, 0) is 62.0 Å². The van der Waals surface area contributed by atoms with E-state index < -0.39 is 0 Å². The van der Waals surface area contributed by atoms with Crippen LogP contribution in [0.3, 0.4) is 0 Å². The van der Waals surface area contributed by atoms with Crippen molar-refractivity contribution in [3.8, 4) is 22.4 Å². The Morgan fingerprint density at radius 3 is 2.17 bits per heavy atom. The van der Waals surface area contributed by atoms with Gasteiger partial charge >= 0.3 is 0 Å². The molecule has 0 spiro atoms. The molecule has 0 amide bonds. The summed E-state index contributed by atoms with van der Waals surface area (Å²) >= 11 is 0. The van der Waals surface area contributed by atoms with Gasteiger partial charge in [-0.3, -0.25) is 10.1 Å².